The van der Waals surface area contributed by atoms with Crippen molar-refractivity contribution in [2.24, 2.45) is 0 Å². The topological polar surface area (TPSA) is 96.7 Å². The van der Waals surface area contributed by atoms with Gasteiger partial charge >= 0.3 is 0 Å². The number of aromatic nitrogens is 3. The minimum Gasteiger partial charge on any atom is -0.384 e. The Balaban J connectivity index is 1.89. The van der Waals surface area contributed by atoms with Crippen LogP contribution in [-0.2, 0) is 0 Å². The molecule has 0 unspecified atom stereocenters. The average Bonchev–Trinajstić information content (AvgIpc) is 2.80. The lowest BCUT2D eigenvalue weighted by atomic mass is 10.3. The number of rotatable bonds is 2. The first-order valence-corrected chi connectivity index (χ1v) is 5.91. The van der Waals surface area contributed by atoms with Gasteiger partial charge < -0.3 is 10.7 Å². The number of carbonyl (C=O) groups is 1. The number of fused-ring (bicyclic) bond motifs is 1. The monoisotopic (exact) mass is 289 g/mol. The molecule has 2 aromatic heterocycles. The molecule has 1 aromatic carbocycles. The summed E-state index contributed by atoms with van der Waals surface area (Å²) in [4.78, 5) is 22.4. The molecule has 3 rings (SSSR count). The van der Waals surface area contributed by atoms with Crippen LogP contribution < -0.4 is 11.1 Å². The molecule has 0 bridgehead atoms. The van der Waals surface area contributed by atoms with Gasteiger partial charge in [-0.1, -0.05) is 6.07 Å². The van der Waals surface area contributed by atoms with Crippen molar-refractivity contribution >= 4 is 28.7 Å². The number of nitrogens with two attached hydrogens (primary N) is 1. The van der Waals surface area contributed by atoms with E-state index < -0.39 is 17.5 Å². The summed E-state index contributed by atoms with van der Waals surface area (Å²) in [5.41, 5.74) is 6.06. The van der Waals surface area contributed by atoms with Crippen molar-refractivity contribution in [1.29, 1.82) is 0 Å². The van der Waals surface area contributed by atoms with Gasteiger partial charge in [-0.15, -0.1) is 0 Å². The third kappa shape index (κ3) is 2.50. The van der Waals surface area contributed by atoms with E-state index in [0.29, 0.717) is 0 Å². The molecular formula is C13H9F2N5O. The van der Waals surface area contributed by atoms with Gasteiger partial charge in [0.05, 0.1) is 11.0 Å². The van der Waals surface area contributed by atoms with Gasteiger partial charge in [-0.05, 0) is 12.1 Å². The summed E-state index contributed by atoms with van der Waals surface area (Å²) in [6.07, 6.45) is 0. The lowest BCUT2D eigenvalue weighted by Crippen LogP contribution is -2.15. The SMILES string of the molecule is Nc1cccc(C(=O)Nc2nc3cc(F)c(F)cc3[nH]2)n1. The first-order valence-electron chi connectivity index (χ1n) is 5.91. The highest BCUT2D eigenvalue weighted by molar-refractivity contribution is 6.02. The maximum Gasteiger partial charge on any atom is 0.276 e. The number of H-pyrrole nitrogens is 1. The molecule has 0 radical (unpaired) electrons. The number of hydrogen-bond donors (Lipinski definition) is 3. The minimum absolute atomic E-state index is 0.0595. The van der Waals surface area contributed by atoms with Crippen LogP contribution in [0.1, 0.15) is 10.5 Å². The number of amides is 1. The number of pyridine rings is 1. The number of nitrogen functional groups attached to an aromatic ring is 1. The van der Waals surface area contributed by atoms with Gasteiger partial charge in [0.1, 0.15) is 11.5 Å². The largest absolute Gasteiger partial charge is 0.384 e. The fourth-order valence-electron chi connectivity index (χ4n) is 1.81. The lowest BCUT2D eigenvalue weighted by Gasteiger charge is -2.01. The Morgan fingerprint density at radius 2 is 1.95 bits per heavy atom. The highest BCUT2D eigenvalue weighted by atomic mass is 19.2. The molecule has 0 aliphatic heterocycles. The average molecular weight is 289 g/mol. The summed E-state index contributed by atoms with van der Waals surface area (Å²) in [5.74, 6) is -2.28. The minimum atomic E-state index is -1.01. The maximum absolute atomic E-state index is 13.1. The Kier molecular flexibility index (Phi) is 2.98. The van der Waals surface area contributed by atoms with Gasteiger partial charge in [0.2, 0.25) is 5.95 Å². The highest BCUT2D eigenvalue weighted by Gasteiger charge is 2.12. The van der Waals surface area contributed by atoms with Crippen molar-refractivity contribution in [3.8, 4) is 0 Å². The summed E-state index contributed by atoms with van der Waals surface area (Å²) in [6, 6.07) is 6.51. The third-order valence-electron chi connectivity index (χ3n) is 2.76. The number of anilines is 2. The van der Waals surface area contributed by atoms with Crippen LogP contribution in [-0.4, -0.2) is 20.9 Å². The van der Waals surface area contributed by atoms with Gasteiger partial charge in [0, 0.05) is 12.1 Å². The van der Waals surface area contributed by atoms with E-state index in [1.807, 2.05) is 0 Å². The van der Waals surface area contributed by atoms with Crippen molar-refractivity contribution in [2.45, 2.75) is 0 Å². The van der Waals surface area contributed by atoms with E-state index in [1.54, 1.807) is 12.1 Å². The van der Waals surface area contributed by atoms with Gasteiger partial charge in [0.15, 0.2) is 11.6 Å². The molecule has 106 valence electrons. The molecule has 21 heavy (non-hydrogen) atoms. The molecule has 1 amide bonds. The summed E-state index contributed by atoms with van der Waals surface area (Å²) in [7, 11) is 0. The standard InChI is InChI=1S/C13H9F2N5O/c14-6-4-9-10(5-7(6)15)19-13(18-9)20-12(21)8-2-1-3-11(16)17-8/h1-5H,(H2,16,17)(H2,18,19,20,21). The van der Waals surface area contributed by atoms with Gasteiger partial charge in [-0.3, -0.25) is 10.1 Å². The molecule has 0 saturated carbocycles. The van der Waals surface area contributed by atoms with E-state index in [1.165, 1.54) is 6.07 Å². The van der Waals surface area contributed by atoms with E-state index in [-0.39, 0.29) is 28.5 Å². The Hall–Kier alpha value is -3.03. The fraction of sp³-hybridized carbons (Fsp3) is 0. The van der Waals surface area contributed by atoms with Crippen LogP contribution >= 0.6 is 0 Å². The molecule has 0 atom stereocenters. The number of imidazole rings is 1. The van der Waals surface area contributed by atoms with Crippen LogP contribution in [0.5, 0.6) is 0 Å². The number of benzene rings is 1. The number of nitrogens with one attached hydrogen (secondary N) is 2. The van der Waals surface area contributed by atoms with E-state index in [9.17, 15) is 13.6 Å². The lowest BCUT2D eigenvalue weighted by molar-refractivity contribution is 0.102. The van der Waals surface area contributed by atoms with E-state index in [4.69, 9.17) is 5.73 Å². The molecule has 6 nitrogen and oxygen atoms in total. The quantitative estimate of drug-likeness (QED) is 0.672. The van der Waals surface area contributed by atoms with Crippen molar-refractivity contribution in [2.75, 3.05) is 11.1 Å². The van der Waals surface area contributed by atoms with Crippen molar-refractivity contribution in [3.05, 3.63) is 47.7 Å². The van der Waals surface area contributed by atoms with Crippen LogP contribution in [0.4, 0.5) is 20.5 Å². The number of carbonyl (C=O) groups excluding carboxylic acids is 1. The summed E-state index contributed by atoms with van der Waals surface area (Å²) >= 11 is 0. The molecular weight excluding hydrogens is 280 g/mol. The highest BCUT2D eigenvalue weighted by Crippen LogP contribution is 2.18. The van der Waals surface area contributed by atoms with Gasteiger partial charge in [-0.2, -0.15) is 0 Å². The summed E-state index contributed by atoms with van der Waals surface area (Å²) in [6.45, 7) is 0. The Labute approximate surface area is 117 Å². The van der Waals surface area contributed by atoms with Crippen LogP contribution in [0.25, 0.3) is 11.0 Å². The number of aromatic amines is 1. The van der Waals surface area contributed by atoms with E-state index in [2.05, 4.69) is 20.3 Å². The number of halogens is 2. The number of nitrogens with zero attached hydrogens (tertiary/aromatic N) is 2. The Bertz CT molecular complexity index is 807. The molecule has 0 aliphatic carbocycles. The summed E-state index contributed by atoms with van der Waals surface area (Å²) < 4.78 is 26.2. The molecule has 0 saturated heterocycles. The zero-order valence-electron chi connectivity index (χ0n) is 10.5. The molecule has 3 aromatic rings. The summed E-state index contributed by atoms with van der Waals surface area (Å²) in [5, 5.41) is 2.45. The number of hydrogen-bond acceptors (Lipinski definition) is 4. The zero-order valence-corrected chi connectivity index (χ0v) is 10.5. The smallest absolute Gasteiger partial charge is 0.276 e. The van der Waals surface area contributed by atoms with Crippen LogP contribution in [0.3, 0.4) is 0 Å². The third-order valence-corrected chi connectivity index (χ3v) is 2.76. The van der Waals surface area contributed by atoms with Crippen molar-refractivity contribution < 1.29 is 13.6 Å². The Morgan fingerprint density at radius 1 is 1.19 bits per heavy atom. The van der Waals surface area contributed by atoms with E-state index in [0.717, 1.165) is 12.1 Å². The van der Waals surface area contributed by atoms with E-state index >= 15 is 0 Å². The van der Waals surface area contributed by atoms with Crippen LogP contribution in [0.15, 0.2) is 30.3 Å². The van der Waals surface area contributed by atoms with Gasteiger partial charge in [0.25, 0.3) is 5.91 Å². The fourth-order valence-corrected chi connectivity index (χ4v) is 1.81. The predicted molar refractivity (Wildman–Crippen MR) is 72.6 cm³/mol. The molecule has 0 fully saturated rings. The Morgan fingerprint density at radius 3 is 2.71 bits per heavy atom. The van der Waals surface area contributed by atoms with Crippen LogP contribution in [0.2, 0.25) is 0 Å². The molecule has 0 aliphatic rings. The molecule has 8 heteroatoms. The molecule has 0 spiro atoms. The normalized spacial score (nSPS) is 10.8. The maximum atomic E-state index is 13.1. The first kappa shape index (κ1) is 13.0. The van der Waals surface area contributed by atoms with Crippen molar-refractivity contribution in [3.63, 3.8) is 0 Å². The molecule has 2 heterocycles. The predicted octanol–water partition coefficient (Wildman–Crippen LogP) is 2.07. The van der Waals surface area contributed by atoms with Gasteiger partial charge in [-0.25, -0.2) is 18.7 Å². The second kappa shape index (κ2) is 4.82. The first-order chi connectivity index (χ1) is 10.0. The second-order valence-electron chi connectivity index (χ2n) is 4.27. The van der Waals surface area contributed by atoms with Crippen LogP contribution in [0, 0.1) is 11.6 Å². The van der Waals surface area contributed by atoms with Crippen molar-refractivity contribution in [1.82, 2.24) is 15.0 Å². The zero-order chi connectivity index (χ0) is 15.0. The second-order valence-corrected chi connectivity index (χ2v) is 4.27. The molecule has 4 N–H and O–H groups in total.